The SMILES string of the molecule is CN(c1ccc(Cl)c(C(=O)N2CCCCC2)c1)S(C)(=O)=O. The molecule has 1 aliphatic rings. The fourth-order valence-electron chi connectivity index (χ4n) is 2.33. The molecule has 7 heteroatoms. The van der Waals surface area contributed by atoms with Crippen LogP contribution >= 0.6 is 11.6 Å². The number of benzene rings is 1. The number of amides is 1. The van der Waals surface area contributed by atoms with E-state index in [0.717, 1.165) is 42.9 Å². The Balaban J connectivity index is 2.33. The summed E-state index contributed by atoms with van der Waals surface area (Å²) < 4.78 is 24.3. The zero-order valence-electron chi connectivity index (χ0n) is 12.2. The van der Waals surface area contributed by atoms with Crippen LogP contribution in [0.3, 0.4) is 0 Å². The van der Waals surface area contributed by atoms with Crippen LogP contribution in [-0.2, 0) is 10.0 Å². The van der Waals surface area contributed by atoms with Gasteiger partial charge in [0.05, 0.1) is 22.5 Å². The third kappa shape index (κ3) is 3.68. The van der Waals surface area contributed by atoms with Gasteiger partial charge in [0, 0.05) is 20.1 Å². The number of hydrogen-bond donors (Lipinski definition) is 0. The van der Waals surface area contributed by atoms with E-state index in [9.17, 15) is 13.2 Å². The maximum atomic E-state index is 12.5. The number of rotatable bonds is 3. The predicted octanol–water partition coefficient (Wildman–Crippen LogP) is 2.36. The van der Waals surface area contributed by atoms with E-state index in [1.165, 1.54) is 7.05 Å². The lowest BCUT2D eigenvalue weighted by Crippen LogP contribution is -2.36. The van der Waals surface area contributed by atoms with Crippen molar-refractivity contribution in [2.45, 2.75) is 19.3 Å². The Morgan fingerprint density at radius 2 is 1.86 bits per heavy atom. The first-order valence-corrected chi connectivity index (χ1v) is 9.06. The van der Waals surface area contributed by atoms with Crippen LogP contribution in [0, 0.1) is 0 Å². The molecule has 1 amide bonds. The fourth-order valence-corrected chi connectivity index (χ4v) is 3.03. The van der Waals surface area contributed by atoms with Gasteiger partial charge in [-0.25, -0.2) is 8.42 Å². The third-order valence-corrected chi connectivity index (χ3v) is 5.22. The van der Waals surface area contributed by atoms with E-state index in [4.69, 9.17) is 11.6 Å². The zero-order valence-corrected chi connectivity index (χ0v) is 13.7. The summed E-state index contributed by atoms with van der Waals surface area (Å²) in [5, 5.41) is 0.344. The van der Waals surface area contributed by atoms with Gasteiger partial charge in [0.25, 0.3) is 5.91 Å². The quantitative estimate of drug-likeness (QED) is 0.855. The van der Waals surface area contributed by atoms with Crippen LogP contribution in [0.1, 0.15) is 29.6 Å². The minimum atomic E-state index is -3.37. The first kappa shape index (κ1) is 16.1. The lowest BCUT2D eigenvalue weighted by molar-refractivity contribution is 0.0724. The van der Waals surface area contributed by atoms with E-state index in [2.05, 4.69) is 0 Å². The predicted molar refractivity (Wildman–Crippen MR) is 84.5 cm³/mol. The van der Waals surface area contributed by atoms with Crippen molar-refractivity contribution in [2.24, 2.45) is 0 Å². The Morgan fingerprint density at radius 1 is 1.24 bits per heavy atom. The minimum Gasteiger partial charge on any atom is -0.339 e. The van der Waals surface area contributed by atoms with Gasteiger partial charge in [0.2, 0.25) is 10.0 Å². The summed E-state index contributed by atoms with van der Waals surface area (Å²) in [4.78, 5) is 14.3. The number of carbonyl (C=O) groups excluding carboxylic acids is 1. The topological polar surface area (TPSA) is 57.7 Å². The molecule has 1 aromatic carbocycles. The lowest BCUT2D eigenvalue weighted by Gasteiger charge is -2.27. The summed E-state index contributed by atoms with van der Waals surface area (Å²) in [6.07, 6.45) is 4.24. The molecular weight excluding hydrogens is 312 g/mol. The molecule has 0 bridgehead atoms. The highest BCUT2D eigenvalue weighted by Crippen LogP contribution is 2.26. The Labute approximate surface area is 130 Å². The summed E-state index contributed by atoms with van der Waals surface area (Å²) in [5.41, 5.74) is 0.786. The van der Waals surface area contributed by atoms with Gasteiger partial charge in [-0.3, -0.25) is 9.10 Å². The Morgan fingerprint density at radius 3 is 2.43 bits per heavy atom. The van der Waals surface area contributed by atoms with Gasteiger partial charge in [-0.1, -0.05) is 11.6 Å². The Bertz CT molecular complexity index is 640. The van der Waals surface area contributed by atoms with Gasteiger partial charge in [-0.05, 0) is 37.5 Å². The van der Waals surface area contributed by atoms with Gasteiger partial charge in [-0.2, -0.15) is 0 Å². The molecule has 0 radical (unpaired) electrons. The molecule has 0 aliphatic carbocycles. The Hall–Kier alpha value is -1.27. The monoisotopic (exact) mass is 330 g/mol. The van der Waals surface area contributed by atoms with Crippen LogP contribution in [0.15, 0.2) is 18.2 Å². The number of likely N-dealkylation sites (tertiary alicyclic amines) is 1. The number of nitrogens with zero attached hydrogens (tertiary/aromatic N) is 2. The molecule has 0 aromatic heterocycles. The number of sulfonamides is 1. The van der Waals surface area contributed by atoms with Gasteiger partial charge < -0.3 is 4.90 Å². The first-order chi connectivity index (χ1) is 9.80. The average Bonchev–Trinajstić information content (AvgIpc) is 2.46. The van der Waals surface area contributed by atoms with Crippen LogP contribution in [0.4, 0.5) is 5.69 Å². The number of hydrogen-bond acceptors (Lipinski definition) is 3. The largest absolute Gasteiger partial charge is 0.339 e. The summed E-state index contributed by atoms with van der Waals surface area (Å²) in [5.74, 6) is -0.136. The highest BCUT2D eigenvalue weighted by molar-refractivity contribution is 7.92. The number of carbonyl (C=O) groups is 1. The molecule has 1 saturated heterocycles. The van der Waals surface area contributed by atoms with E-state index in [0.29, 0.717) is 16.3 Å². The van der Waals surface area contributed by atoms with E-state index < -0.39 is 10.0 Å². The zero-order chi connectivity index (χ0) is 15.6. The lowest BCUT2D eigenvalue weighted by atomic mass is 10.1. The van der Waals surface area contributed by atoms with E-state index >= 15 is 0 Å². The molecule has 1 aliphatic heterocycles. The number of piperidine rings is 1. The molecule has 21 heavy (non-hydrogen) atoms. The summed E-state index contributed by atoms with van der Waals surface area (Å²) >= 11 is 6.11. The molecule has 0 atom stereocenters. The maximum Gasteiger partial charge on any atom is 0.255 e. The normalized spacial score (nSPS) is 15.9. The van der Waals surface area contributed by atoms with E-state index in [-0.39, 0.29) is 5.91 Å². The van der Waals surface area contributed by atoms with Gasteiger partial charge in [-0.15, -0.1) is 0 Å². The second-order valence-electron chi connectivity index (χ2n) is 5.25. The third-order valence-electron chi connectivity index (χ3n) is 3.68. The molecular formula is C14H19ClN2O3S. The van der Waals surface area contributed by atoms with Crippen LogP contribution < -0.4 is 4.31 Å². The van der Waals surface area contributed by atoms with Crippen molar-refractivity contribution in [3.8, 4) is 0 Å². The van der Waals surface area contributed by atoms with Crippen molar-refractivity contribution in [3.63, 3.8) is 0 Å². The molecule has 0 N–H and O–H groups in total. The van der Waals surface area contributed by atoms with Crippen molar-refractivity contribution >= 4 is 33.2 Å². The van der Waals surface area contributed by atoms with Crippen LogP contribution in [-0.4, -0.2) is 45.6 Å². The van der Waals surface area contributed by atoms with Crippen molar-refractivity contribution < 1.29 is 13.2 Å². The van der Waals surface area contributed by atoms with Crippen molar-refractivity contribution in [3.05, 3.63) is 28.8 Å². The molecule has 5 nitrogen and oxygen atoms in total. The highest BCUT2D eigenvalue weighted by Gasteiger charge is 2.22. The van der Waals surface area contributed by atoms with Crippen LogP contribution in [0.25, 0.3) is 0 Å². The van der Waals surface area contributed by atoms with Crippen molar-refractivity contribution in [2.75, 3.05) is 30.7 Å². The maximum absolute atomic E-state index is 12.5. The molecule has 1 aromatic rings. The van der Waals surface area contributed by atoms with Crippen molar-refractivity contribution in [1.82, 2.24) is 4.90 Å². The minimum absolute atomic E-state index is 0.136. The average molecular weight is 331 g/mol. The van der Waals surface area contributed by atoms with E-state index in [1.807, 2.05) is 0 Å². The standard InChI is InChI=1S/C14H19ClN2O3S/c1-16(21(2,19)20)11-6-7-13(15)12(10-11)14(18)17-8-4-3-5-9-17/h6-7,10H,3-5,8-9H2,1-2H3. The molecule has 0 unspecified atom stereocenters. The number of anilines is 1. The molecule has 116 valence electrons. The highest BCUT2D eigenvalue weighted by atomic mass is 35.5. The van der Waals surface area contributed by atoms with Gasteiger partial charge in [0.1, 0.15) is 0 Å². The van der Waals surface area contributed by atoms with Crippen LogP contribution in [0.2, 0.25) is 5.02 Å². The summed E-state index contributed by atoms with van der Waals surface area (Å²) in [6.45, 7) is 1.45. The second kappa shape index (κ2) is 6.23. The van der Waals surface area contributed by atoms with Gasteiger partial charge >= 0.3 is 0 Å². The molecule has 2 rings (SSSR count). The molecule has 0 spiro atoms. The van der Waals surface area contributed by atoms with Crippen LogP contribution in [0.5, 0.6) is 0 Å². The summed E-state index contributed by atoms with van der Waals surface area (Å²) in [6, 6.07) is 4.70. The summed E-state index contributed by atoms with van der Waals surface area (Å²) in [7, 11) is -1.92. The fraction of sp³-hybridized carbons (Fsp3) is 0.500. The number of halogens is 1. The molecule has 0 saturated carbocycles. The smallest absolute Gasteiger partial charge is 0.255 e. The van der Waals surface area contributed by atoms with Gasteiger partial charge in [0.15, 0.2) is 0 Å². The molecule has 1 heterocycles. The Kier molecular flexibility index (Phi) is 4.78. The molecule has 1 fully saturated rings. The second-order valence-corrected chi connectivity index (χ2v) is 7.67. The first-order valence-electron chi connectivity index (χ1n) is 6.83. The van der Waals surface area contributed by atoms with E-state index in [1.54, 1.807) is 23.1 Å². The van der Waals surface area contributed by atoms with Crippen molar-refractivity contribution in [1.29, 1.82) is 0 Å².